The molecule has 1 N–H and O–H groups in total. The van der Waals surface area contributed by atoms with Crippen molar-refractivity contribution in [2.24, 2.45) is 0 Å². The molecule has 14 heavy (non-hydrogen) atoms. The van der Waals surface area contributed by atoms with E-state index in [4.69, 9.17) is 4.89 Å². The van der Waals surface area contributed by atoms with Crippen LogP contribution in [0.15, 0.2) is 6.07 Å². The van der Waals surface area contributed by atoms with Crippen molar-refractivity contribution in [3.05, 3.63) is 17.6 Å². The maximum Gasteiger partial charge on any atom is 0.427 e. The molecule has 77 valence electrons. The monoisotopic (exact) mass is 215 g/mol. The second-order valence-electron chi connectivity index (χ2n) is 3.19. The Bertz CT molecular complexity index is 354. The van der Waals surface area contributed by atoms with Crippen molar-refractivity contribution in [2.75, 3.05) is 0 Å². The molecule has 1 aromatic heterocycles. The number of aryl methyl sites for hydroxylation is 1. The first kappa shape index (κ1) is 11.0. The van der Waals surface area contributed by atoms with Crippen LogP contribution in [0.4, 0.5) is 0 Å². The first-order valence-corrected chi connectivity index (χ1v) is 5.31. The summed E-state index contributed by atoms with van der Waals surface area (Å²) in [7, 11) is -2.66. The highest BCUT2D eigenvalue weighted by Gasteiger charge is 2.08. The van der Waals surface area contributed by atoms with Gasteiger partial charge < -0.3 is 4.52 Å². The lowest BCUT2D eigenvalue weighted by atomic mass is 10.2. The van der Waals surface area contributed by atoms with E-state index in [-0.39, 0.29) is 11.8 Å². The second kappa shape index (κ2) is 4.44. The SMILES string of the molecule is Cc1cc(O[P](=O)O)nc(C(C)C)n1. The van der Waals surface area contributed by atoms with Crippen LogP contribution < -0.4 is 4.52 Å². The van der Waals surface area contributed by atoms with Gasteiger partial charge >= 0.3 is 8.25 Å². The van der Waals surface area contributed by atoms with Gasteiger partial charge in [0.1, 0.15) is 5.82 Å². The fourth-order valence-electron chi connectivity index (χ4n) is 0.947. The summed E-state index contributed by atoms with van der Waals surface area (Å²) in [5, 5.41) is 0. The van der Waals surface area contributed by atoms with Crippen LogP contribution in [0.2, 0.25) is 0 Å². The third-order valence-electron chi connectivity index (χ3n) is 1.54. The normalized spacial score (nSPS) is 11.6. The zero-order chi connectivity index (χ0) is 10.7. The molecule has 1 unspecified atom stereocenters. The van der Waals surface area contributed by atoms with Crippen LogP contribution in [0.1, 0.15) is 31.3 Å². The van der Waals surface area contributed by atoms with Crippen molar-refractivity contribution < 1.29 is 14.0 Å². The van der Waals surface area contributed by atoms with Gasteiger partial charge in [-0.1, -0.05) is 13.8 Å². The van der Waals surface area contributed by atoms with Crippen LogP contribution in [-0.2, 0) is 4.57 Å². The molecule has 0 aliphatic carbocycles. The van der Waals surface area contributed by atoms with Crippen LogP contribution in [0.25, 0.3) is 0 Å². The number of rotatable bonds is 3. The van der Waals surface area contributed by atoms with E-state index >= 15 is 0 Å². The van der Waals surface area contributed by atoms with Gasteiger partial charge in [0.25, 0.3) is 0 Å². The highest BCUT2D eigenvalue weighted by molar-refractivity contribution is 7.32. The van der Waals surface area contributed by atoms with Crippen LogP contribution in [0, 0.1) is 6.92 Å². The quantitative estimate of drug-likeness (QED) is 0.780. The fraction of sp³-hybridized carbons (Fsp3) is 0.500. The van der Waals surface area contributed by atoms with Gasteiger partial charge in [-0.05, 0) is 6.92 Å². The summed E-state index contributed by atoms with van der Waals surface area (Å²) in [6.07, 6.45) is 0. The topological polar surface area (TPSA) is 72.3 Å². The molecule has 1 aromatic rings. The number of nitrogens with zero attached hydrogens (tertiary/aromatic N) is 2. The number of hydrogen-bond acceptors (Lipinski definition) is 4. The summed E-state index contributed by atoms with van der Waals surface area (Å²) < 4.78 is 15.0. The van der Waals surface area contributed by atoms with E-state index in [1.165, 1.54) is 6.07 Å². The van der Waals surface area contributed by atoms with E-state index in [0.717, 1.165) is 5.69 Å². The standard InChI is InChI=1S/C8H12N2O3P/c1-5(2)8-9-6(3)4-7(10-8)13-14(11)12/h4-5H,1-3H3,(H,11,12). The second-order valence-corrected chi connectivity index (χ2v) is 3.85. The van der Waals surface area contributed by atoms with Gasteiger partial charge in [0.15, 0.2) is 0 Å². The first-order chi connectivity index (χ1) is 6.49. The molecule has 0 amide bonds. The summed E-state index contributed by atoms with van der Waals surface area (Å²) in [6.45, 7) is 5.67. The molecule has 1 radical (unpaired) electrons. The van der Waals surface area contributed by atoms with E-state index in [2.05, 4.69) is 14.5 Å². The van der Waals surface area contributed by atoms with Gasteiger partial charge in [0.05, 0.1) is 0 Å². The Morgan fingerprint density at radius 1 is 1.50 bits per heavy atom. The molecule has 5 nitrogen and oxygen atoms in total. The Labute approximate surface area is 83.1 Å². The maximum atomic E-state index is 10.4. The number of aromatic nitrogens is 2. The van der Waals surface area contributed by atoms with Gasteiger partial charge in [-0.2, -0.15) is 4.98 Å². The molecule has 0 aromatic carbocycles. The zero-order valence-electron chi connectivity index (χ0n) is 8.26. The molecule has 6 heteroatoms. The summed E-state index contributed by atoms with van der Waals surface area (Å²) in [6, 6.07) is 1.52. The first-order valence-electron chi connectivity index (χ1n) is 4.18. The zero-order valence-corrected chi connectivity index (χ0v) is 9.15. The molecule has 0 aliphatic rings. The van der Waals surface area contributed by atoms with Gasteiger partial charge in [-0.15, -0.1) is 0 Å². The summed E-state index contributed by atoms with van der Waals surface area (Å²) in [4.78, 5) is 16.7. The van der Waals surface area contributed by atoms with Gasteiger partial charge in [-0.25, -0.2) is 9.55 Å². The Morgan fingerprint density at radius 3 is 2.64 bits per heavy atom. The largest absolute Gasteiger partial charge is 0.427 e. The van der Waals surface area contributed by atoms with Crippen molar-refractivity contribution in [1.29, 1.82) is 0 Å². The molecule has 1 rings (SSSR count). The lowest BCUT2D eigenvalue weighted by Gasteiger charge is -2.06. The average Bonchev–Trinajstić information content (AvgIpc) is 2.01. The molecule has 0 fully saturated rings. The molecular weight excluding hydrogens is 203 g/mol. The van der Waals surface area contributed by atoms with Crippen LogP contribution >= 0.6 is 8.25 Å². The smallest absolute Gasteiger partial charge is 0.378 e. The number of hydrogen-bond donors (Lipinski definition) is 1. The average molecular weight is 215 g/mol. The Kier molecular flexibility index (Phi) is 3.49. The Hall–Kier alpha value is -1.06. The third-order valence-corrected chi connectivity index (χ3v) is 1.88. The lowest BCUT2D eigenvalue weighted by Crippen LogP contribution is -2.00. The molecule has 0 aliphatic heterocycles. The Balaban J connectivity index is 3.01. The van der Waals surface area contributed by atoms with Crippen LogP contribution in [-0.4, -0.2) is 14.9 Å². The predicted molar refractivity (Wildman–Crippen MR) is 51.3 cm³/mol. The highest BCUT2D eigenvalue weighted by Crippen LogP contribution is 2.22. The van der Waals surface area contributed by atoms with Gasteiger partial charge in [-0.3, -0.25) is 4.89 Å². The molecule has 0 spiro atoms. The summed E-state index contributed by atoms with van der Waals surface area (Å²) >= 11 is 0. The molecule has 1 heterocycles. The Morgan fingerprint density at radius 2 is 2.14 bits per heavy atom. The third kappa shape index (κ3) is 3.01. The van der Waals surface area contributed by atoms with Gasteiger partial charge in [0, 0.05) is 17.7 Å². The van der Waals surface area contributed by atoms with Gasteiger partial charge in [0.2, 0.25) is 5.88 Å². The minimum absolute atomic E-state index is 0.143. The molecular formula is C8H12N2O3P. The minimum atomic E-state index is -2.66. The molecule has 1 atom stereocenters. The van der Waals surface area contributed by atoms with Crippen molar-refractivity contribution in [3.8, 4) is 5.88 Å². The highest BCUT2D eigenvalue weighted by atomic mass is 31.1. The van der Waals surface area contributed by atoms with E-state index in [9.17, 15) is 4.57 Å². The molecule has 0 saturated carbocycles. The van der Waals surface area contributed by atoms with E-state index in [1.807, 2.05) is 13.8 Å². The molecule has 0 bridgehead atoms. The van der Waals surface area contributed by atoms with Crippen molar-refractivity contribution in [1.82, 2.24) is 9.97 Å². The maximum absolute atomic E-state index is 10.4. The van der Waals surface area contributed by atoms with Crippen molar-refractivity contribution in [3.63, 3.8) is 0 Å². The minimum Gasteiger partial charge on any atom is -0.378 e. The van der Waals surface area contributed by atoms with Crippen LogP contribution in [0.5, 0.6) is 5.88 Å². The van der Waals surface area contributed by atoms with Crippen molar-refractivity contribution in [2.45, 2.75) is 26.7 Å². The van der Waals surface area contributed by atoms with E-state index in [0.29, 0.717) is 5.82 Å². The summed E-state index contributed by atoms with van der Waals surface area (Å²) in [5.41, 5.74) is 0.718. The van der Waals surface area contributed by atoms with Crippen molar-refractivity contribution >= 4 is 8.25 Å². The lowest BCUT2D eigenvalue weighted by molar-refractivity contribution is 0.402. The fourth-order valence-corrected chi connectivity index (χ4v) is 1.20. The van der Waals surface area contributed by atoms with Crippen LogP contribution in [0.3, 0.4) is 0 Å². The van der Waals surface area contributed by atoms with E-state index in [1.54, 1.807) is 6.92 Å². The summed E-state index contributed by atoms with van der Waals surface area (Å²) in [5.74, 6) is 0.912. The van der Waals surface area contributed by atoms with E-state index < -0.39 is 8.25 Å². The predicted octanol–water partition coefficient (Wildman–Crippen LogP) is 1.94. The molecule has 0 saturated heterocycles.